The molecule has 1 aromatic rings. The van der Waals surface area contributed by atoms with Crippen LogP contribution < -0.4 is 0 Å². The Kier molecular flexibility index (Phi) is 4.26. The molecule has 0 N–H and O–H groups in total. The van der Waals surface area contributed by atoms with Crippen molar-refractivity contribution in [3.63, 3.8) is 0 Å². The van der Waals surface area contributed by atoms with E-state index in [1.807, 2.05) is 30.3 Å². The molecule has 0 saturated carbocycles. The summed E-state index contributed by atoms with van der Waals surface area (Å²) in [6.07, 6.45) is 4.47. The Bertz CT molecular complexity index is 536. The van der Waals surface area contributed by atoms with Crippen molar-refractivity contribution in [1.82, 2.24) is 9.80 Å². The minimum absolute atomic E-state index is 0.209. The highest BCUT2D eigenvalue weighted by atomic mass is 16.6. The summed E-state index contributed by atoms with van der Waals surface area (Å²) in [5, 5.41) is 0. The van der Waals surface area contributed by atoms with Crippen LogP contribution in [0.15, 0.2) is 30.3 Å². The third-order valence-electron chi connectivity index (χ3n) is 3.04. The lowest BCUT2D eigenvalue weighted by Gasteiger charge is -2.21. The monoisotopic (exact) mass is 272 g/mol. The van der Waals surface area contributed by atoms with Gasteiger partial charge in [-0.3, -0.25) is 0 Å². The summed E-state index contributed by atoms with van der Waals surface area (Å²) in [4.78, 5) is 26.4. The summed E-state index contributed by atoms with van der Waals surface area (Å²) < 4.78 is 5.03. The lowest BCUT2D eigenvalue weighted by molar-refractivity contribution is 0.131. The summed E-state index contributed by atoms with van der Waals surface area (Å²) in [5.41, 5.74) is 0.996. The van der Waals surface area contributed by atoms with Crippen molar-refractivity contribution < 1.29 is 14.3 Å². The average Bonchev–Trinajstić information content (AvgIpc) is 2.80. The van der Waals surface area contributed by atoms with E-state index in [4.69, 9.17) is 11.2 Å². The van der Waals surface area contributed by atoms with Crippen molar-refractivity contribution in [3.8, 4) is 12.3 Å². The minimum Gasteiger partial charge on any atom is -0.443 e. The number of cyclic esters (lactones) is 1. The lowest BCUT2D eigenvalue weighted by Crippen LogP contribution is -2.41. The number of terminal acetylenes is 1. The molecule has 1 fully saturated rings. The molecule has 0 radical (unpaired) electrons. The quantitative estimate of drug-likeness (QED) is 0.792. The predicted molar refractivity (Wildman–Crippen MR) is 73.7 cm³/mol. The maximum Gasteiger partial charge on any atom is 0.418 e. The van der Waals surface area contributed by atoms with Gasteiger partial charge in [0.25, 0.3) is 0 Å². The van der Waals surface area contributed by atoms with E-state index in [0.717, 1.165) is 10.5 Å². The van der Waals surface area contributed by atoms with Crippen molar-refractivity contribution in [2.24, 2.45) is 0 Å². The van der Waals surface area contributed by atoms with Crippen molar-refractivity contribution in [2.45, 2.75) is 19.1 Å². The fourth-order valence-corrected chi connectivity index (χ4v) is 2.05. The summed E-state index contributed by atoms with van der Waals surface area (Å²) in [6, 6.07) is 9.19. The van der Waals surface area contributed by atoms with E-state index in [2.05, 4.69) is 5.92 Å². The maximum absolute atomic E-state index is 12.2. The number of rotatable bonds is 3. The van der Waals surface area contributed by atoms with E-state index in [0.29, 0.717) is 13.0 Å². The van der Waals surface area contributed by atoms with Gasteiger partial charge in [0.05, 0.1) is 6.54 Å². The van der Waals surface area contributed by atoms with Crippen molar-refractivity contribution in [1.29, 1.82) is 0 Å². The standard InChI is InChI=1S/C15H16N2O3/c1-3-7-13-11-17(15(19)20-13)14(18)16(2)10-12-8-5-4-6-9-12/h1,4-6,8-9,13H,7,10-11H2,2H3. The number of hydrogen-bond acceptors (Lipinski definition) is 3. The molecular formula is C15H16N2O3. The molecule has 20 heavy (non-hydrogen) atoms. The molecule has 0 spiro atoms. The topological polar surface area (TPSA) is 49.9 Å². The van der Waals surface area contributed by atoms with Crippen LogP contribution in [-0.2, 0) is 11.3 Å². The van der Waals surface area contributed by atoms with Crippen LogP contribution in [0.3, 0.4) is 0 Å². The first-order chi connectivity index (χ1) is 9.61. The fourth-order valence-electron chi connectivity index (χ4n) is 2.05. The summed E-state index contributed by atoms with van der Waals surface area (Å²) >= 11 is 0. The van der Waals surface area contributed by atoms with Gasteiger partial charge in [-0.1, -0.05) is 30.3 Å². The molecule has 3 amide bonds. The zero-order chi connectivity index (χ0) is 14.5. The molecule has 0 aromatic heterocycles. The summed E-state index contributed by atoms with van der Waals surface area (Å²) in [6.45, 7) is 0.643. The van der Waals surface area contributed by atoms with Crippen LogP contribution in [-0.4, -0.2) is 41.6 Å². The Morgan fingerprint density at radius 1 is 1.50 bits per heavy atom. The average molecular weight is 272 g/mol. The first kappa shape index (κ1) is 13.9. The van der Waals surface area contributed by atoms with Gasteiger partial charge in [-0.2, -0.15) is 0 Å². The number of imide groups is 1. The summed E-state index contributed by atoms with van der Waals surface area (Å²) in [7, 11) is 1.65. The molecule has 1 aliphatic rings. The molecule has 1 atom stereocenters. The fraction of sp³-hybridized carbons (Fsp3) is 0.333. The van der Waals surface area contributed by atoms with Crippen LogP contribution in [0.25, 0.3) is 0 Å². The smallest absolute Gasteiger partial charge is 0.418 e. The van der Waals surface area contributed by atoms with E-state index in [9.17, 15) is 9.59 Å². The van der Waals surface area contributed by atoms with E-state index >= 15 is 0 Å². The molecule has 2 rings (SSSR count). The third-order valence-corrected chi connectivity index (χ3v) is 3.04. The Morgan fingerprint density at radius 3 is 2.85 bits per heavy atom. The first-order valence-electron chi connectivity index (χ1n) is 6.32. The molecule has 1 heterocycles. The van der Waals surface area contributed by atoms with Crippen LogP contribution in [0.1, 0.15) is 12.0 Å². The van der Waals surface area contributed by atoms with Gasteiger partial charge in [0.15, 0.2) is 0 Å². The van der Waals surface area contributed by atoms with Crippen LogP contribution >= 0.6 is 0 Å². The Balaban J connectivity index is 1.97. The normalized spacial score (nSPS) is 17.5. The largest absolute Gasteiger partial charge is 0.443 e. The second kappa shape index (κ2) is 6.11. The number of nitrogens with zero attached hydrogens (tertiary/aromatic N) is 2. The number of carbonyl (C=O) groups is 2. The molecule has 104 valence electrons. The number of amides is 3. The zero-order valence-corrected chi connectivity index (χ0v) is 11.3. The molecule has 1 saturated heterocycles. The molecule has 5 nitrogen and oxygen atoms in total. The van der Waals surface area contributed by atoms with E-state index in [1.54, 1.807) is 7.05 Å². The Labute approximate surface area is 118 Å². The van der Waals surface area contributed by atoms with Gasteiger partial charge >= 0.3 is 12.1 Å². The molecule has 1 unspecified atom stereocenters. The number of carbonyl (C=O) groups excluding carboxylic acids is 2. The zero-order valence-electron chi connectivity index (χ0n) is 11.3. The van der Waals surface area contributed by atoms with Crippen molar-refractivity contribution in [2.75, 3.05) is 13.6 Å². The van der Waals surface area contributed by atoms with Gasteiger partial charge < -0.3 is 9.64 Å². The second-order valence-corrected chi connectivity index (χ2v) is 4.65. The highest BCUT2D eigenvalue weighted by molar-refractivity contribution is 5.92. The van der Waals surface area contributed by atoms with Crippen LogP contribution in [0, 0.1) is 12.3 Å². The number of hydrogen-bond donors (Lipinski definition) is 0. The molecule has 0 bridgehead atoms. The van der Waals surface area contributed by atoms with Gasteiger partial charge in [0.1, 0.15) is 6.10 Å². The van der Waals surface area contributed by atoms with Gasteiger partial charge in [-0.15, -0.1) is 12.3 Å². The summed E-state index contributed by atoms with van der Waals surface area (Å²) in [5.74, 6) is 2.43. The predicted octanol–water partition coefficient (Wildman–Crippen LogP) is 2.08. The second-order valence-electron chi connectivity index (χ2n) is 4.65. The number of urea groups is 1. The third kappa shape index (κ3) is 3.09. The first-order valence-corrected chi connectivity index (χ1v) is 6.32. The maximum atomic E-state index is 12.2. The highest BCUT2D eigenvalue weighted by Crippen LogP contribution is 2.16. The SMILES string of the molecule is C#CCC1CN(C(=O)N(C)Cc2ccccc2)C(=O)O1. The van der Waals surface area contributed by atoms with Gasteiger partial charge in [-0.25, -0.2) is 14.5 Å². The van der Waals surface area contributed by atoms with Crippen LogP contribution in [0.5, 0.6) is 0 Å². The molecular weight excluding hydrogens is 256 g/mol. The molecule has 5 heteroatoms. The van der Waals surface area contributed by atoms with Gasteiger partial charge in [0, 0.05) is 20.0 Å². The number of ether oxygens (including phenoxy) is 1. The van der Waals surface area contributed by atoms with Gasteiger partial charge in [-0.05, 0) is 5.56 Å². The van der Waals surface area contributed by atoms with Crippen LogP contribution in [0.2, 0.25) is 0 Å². The van der Waals surface area contributed by atoms with E-state index < -0.39 is 12.2 Å². The minimum atomic E-state index is -0.629. The highest BCUT2D eigenvalue weighted by Gasteiger charge is 2.36. The molecule has 0 aliphatic carbocycles. The van der Waals surface area contributed by atoms with Crippen molar-refractivity contribution in [3.05, 3.63) is 35.9 Å². The van der Waals surface area contributed by atoms with E-state index in [-0.39, 0.29) is 12.6 Å². The Hall–Kier alpha value is -2.48. The van der Waals surface area contributed by atoms with Crippen molar-refractivity contribution >= 4 is 12.1 Å². The lowest BCUT2D eigenvalue weighted by atomic mass is 10.2. The molecule has 1 aliphatic heterocycles. The number of benzene rings is 1. The van der Waals surface area contributed by atoms with E-state index in [1.165, 1.54) is 4.90 Å². The Morgan fingerprint density at radius 2 is 2.20 bits per heavy atom. The van der Waals surface area contributed by atoms with Crippen LogP contribution in [0.4, 0.5) is 9.59 Å². The van der Waals surface area contributed by atoms with Gasteiger partial charge in [0.2, 0.25) is 0 Å². The molecule has 1 aromatic carbocycles.